The molecule has 1 aliphatic rings. The number of carbonyl (C=O) groups is 1. The molecule has 0 saturated heterocycles. The second kappa shape index (κ2) is 7.25. The molecular weight excluding hydrogens is 368 g/mol. The number of benzene rings is 1. The van der Waals surface area contributed by atoms with E-state index in [2.05, 4.69) is 10.3 Å². The lowest BCUT2D eigenvalue weighted by Gasteiger charge is -2.06. The summed E-state index contributed by atoms with van der Waals surface area (Å²) in [5, 5.41) is 4.99. The van der Waals surface area contributed by atoms with Gasteiger partial charge < -0.3 is 14.8 Å². The molecule has 0 unspecified atom stereocenters. The smallest absolute Gasteiger partial charge is 0.341 e. The maximum absolute atomic E-state index is 12.4. The fourth-order valence-corrected chi connectivity index (χ4v) is 5.57. The summed E-state index contributed by atoms with van der Waals surface area (Å²) in [7, 11) is 3.10. The van der Waals surface area contributed by atoms with Crippen molar-refractivity contribution >= 4 is 49.0 Å². The van der Waals surface area contributed by atoms with E-state index in [9.17, 15) is 4.79 Å². The molecule has 0 atom stereocenters. The second-order valence-corrected chi connectivity index (χ2v) is 8.37. The van der Waals surface area contributed by atoms with Crippen LogP contribution in [0, 0.1) is 0 Å². The second-order valence-electron chi connectivity index (χ2n) is 6.24. The van der Waals surface area contributed by atoms with Crippen LogP contribution in [-0.4, -0.2) is 25.2 Å². The van der Waals surface area contributed by atoms with Crippen molar-refractivity contribution in [2.24, 2.45) is 0 Å². The first-order valence-electron chi connectivity index (χ1n) is 8.64. The number of nitrogens with zero attached hydrogens (tertiary/aromatic N) is 1. The molecule has 0 aliphatic heterocycles. The van der Waals surface area contributed by atoms with Crippen LogP contribution in [0.2, 0.25) is 0 Å². The quantitative estimate of drug-likeness (QED) is 0.494. The van der Waals surface area contributed by atoms with Gasteiger partial charge in [-0.15, -0.1) is 11.3 Å². The average Bonchev–Trinajstić information content (AvgIpc) is 3.12. The highest BCUT2D eigenvalue weighted by Crippen LogP contribution is 2.40. The minimum atomic E-state index is -0.269. The number of carbonyl (C=O) groups excluding carboxylic acids is 1. The molecule has 4 rings (SSSR count). The first-order chi connectivity index (χ1) is 12.7. The van der Waals surface area contributed by atoms with E-state index in [1.54, 1.807) is 29.8 Å². The van der Waals surface area contributed by atoms with Crippen LogP contribution in [-0.2, 0) is 17.6 Å². The zero-order valence-electron chi connectivity index (χ0n) is 14.8. The largest absolute Gasteiger partial charge is 0.497 e. The van der Waals surface area contributed by atoms with Crippen LogP contribution in [0.3, 0.4) is 0 Å². The number of hydrogen-bond acceptors (Lipinski definition) is 7. The van der Waals surface area contributed by atoms with Crippen LogP contribution in [0.5, 0.6) is 5.75 Å². The lowest BCUT2D eigenvalue weighted by Crippen LogP contribution is -2.06. The van der Waals surface area contributed by atoms with Crippen molar-refractivity contribution in [3.63, 3.8) is 0 Å². The Bertz CT molecular complexity index is 961. The fourth-order valence-electron chi connectivity index (χ4n) is 3.33. The summed E-state index contributed by atoms with van der Waals surface area (Å²) >= 11 is 3.21. The predicted octanol–water partition coefficient (Wildman–Crippen LogP) is 5.17. The Kier molecular flexibility index (Phi) is 4.82. The van der Waals surface area contributed by atoms with Gasteiger partial charge in [0.15, 0.2) is 5.13 Å². The Morgan fingerprint density at radius 2 is 2.00 bits per heavy atom. The van der Waals surface area contributed by atoms with E-state index in [0.717, 1.165) is 50.9 Å². The van der Waals surface area contributed by atoms with Crippen molar-refractivity contribution in [2.45, 2.75) is 32.1 Å². The van der Waals surface area contributed by atoms with Gasteiger partial charge in [-0.05, 0) is 49.4 Å². The molecule has 136 valence electrons. The van der Waals surface area contributed by atoms with Gasteiger partial charge in [-0.1, -0.05) is 17.8 Å². The van der Waals surface area contributed by atoms with E-state index >= 15 is 0 Å². The van der Waals surface area contributed by atoms with E-state index < -0.39 is 0 Å². The molecule has 2 heterocycles. The molecule has 26 heavy (non-hydrogen) atoms. The third kappa shape index (κ3) is 3.17. The Labute approximate surface area is 160 Å². The highest BCUT2D eigenvalue weighted by Gasteiger charge is 2.25. The lowest BCUT2D eigenvalue weighted by molar-refractivity contribution is 0.0601. The Balaban J connectivity index is 1.72. The molecule has 7 heteroatoms. The van der Waals surface area contributed by atoms with Gasteiger partial charge >= 0.3 is 5.97 Å². The molecule has 0 radical (unpaired) electrons. The van der Waals surface area contributed by atoms with Crippen LogP contribution in [0.4, 0.5) is 10.1 Å². The van der Waals surface area contributed by atoms with Crippen molar-refractivity contribution < 1.29 is 14.3 Å². The van der Waals surface area contributed by atoms with Gasteiger partial charge in [-0.25, -0.2) is 9.78 Å². The predicted molar refractivity (Wildman–Crippen MR) is 106 cm³/mol. The number of thiophene rings is 1. The van der Waals surface area contributed by atoms with Crippen molar-refractivity contribution in [1.82, 2.24) is 4.98 Å². The van der Waals surface area contributed by atoms with Crippen LogP contribution < -0.4 is 10.1 Å². The van der Waals surface area contributed by atoms with Gasteiger partial charge in [0.1, 0.15) is 10.8 Å². The standard InChI is InChI=1S/C19H20N2O3S2/c1-23-11-8-9-13-15(10-11)26-19(20-13)21-17-16(18(22)24-2)12-6-4-3-5-7-14(12)25-17/h8-10H,3-7H2,1-2H3,(H,20,21). The maximum Gasteiger partial charge on any atom is 0.341 e. The molecular formula is C19H20N2O3S2. The van der Waals surface area contributed by atoms with Crippen molar-refractivity contribution in [3.05, 3.63) is 34.2 Å². The van der Waals surface area contributed by atoms with Crippen molar-refractivity contribution in [2.75, 3.05) is 19.5 Å². The zero-order valence-corrected chi connectivity index (χ0v) is 16.4. The number of anilines is 2. The third-order valence-corrected chi connectivity index (χ3v) is 6.77. The summed E-state index contributed by atoms with van der Waals surface area (Å²) in [6.07, 6.45) is 5.48. The fraction of sp³-hybridized carbons (Fsp3) is 0.368. The SMILES string of the molecule is COC(=O)c1c(Nc2nc3ccc(OC)cc3s2)sc2c1CCCCC2. The summed E-state index contributed by atoms with van der Waals surface area (Å²) in [4.78, 5) is 18.4. The summed E-state index contributed by atoms with van der Waals surface area (Å²) in [6.45, 7) is 0. The number of rotatable bonds is 4. The normalized spacial score (nSPS) is 13.9. The minimum Gasteiger partial charge on any atom is -0.497 e. The third-order valence-electron chi connectivity index (χ3n) is 4.63. The number of ether oxygens (including phenoxy) is 2. The summed E-state index contributed by atoms with van der Waals surface area (Å²) in [6, 6.07) is 5.82. The molecule has 1 aliphatic carbocycles. The molecule has 0 fully saturated rings. The molecule has 2 aromatic heterocycles. The maximum atomic E-state index is 12.4. The van der Waals surface area contributed by atoms with Crippen LogP contribution in [0.1, 0.15) is 40.1 Å². The molecule has 1 aromatic carbocycles. The molecule has 0 spiro atoms. The van der Waals surface area contributed by atoms with Crippen LogP contribution >= 0.6 is 22.7 Å². The Morgan fingerprint density at radius 3 is 2.81 bits per heavy atom. The van der Waals surface area contributed by atoms with Gasteiger partial charge in [-0.2, -0.15) is 0 Å². The topological polar surface area (TPSA) is 60.5 Å². The number of aryl methyl sites for hydroxylation is 1. The molecule has 3 aromatic rings. The van der Waals surface area contributed by atoms with E-state index in [1.165, 1.54) is 24.8 Å². The summed E-state index contributed by atoms with van der Waals surface area (Å²) in [5.74, 6) is 0.542. The van der Waals surface area contributed by atoms with E-state index in [0.29, 0.717) is 5.56 Å². The number of hydrogen-bond donors (Lipinski definition) is 1. The molecule has 0 saturated carbocycles. The van der Waals surface area contributed by atoms with Crippen molar-refractivity contribution in [3.8, 4) is 5.75 Å². The van der Waals surface area contributed by atoms with Gasteiger partial charge in [-0.3, -0.25) is 0 Å². The monoisotopic (exact) mass is 388 g/mol. The minimum absolute atomic E-state index is 0.269. The van der Waals surface area contributed by atoms with E-state index in [1.807, 2.05) is 18.2 Å². The first kappa shape index (κ1) is 17.3. The first-order valence-corrected chi connectivity index (χ1v) is 10.3. The van der Waals surface area contributed by atoms with Gasteiger partial charge in [0.2, 0.25) is 0 Å². The van der Waals surface area contributed by atoms with Gasteiger partial charge in [0.25, 0.3) is 0 Å². The highest BCUT2D eigenvalue weighted by molar-refractivity contribution is 7.23. The number of esters is 1. The van der Waals surface area contributed by atoms with Crippen LogP contribution in [0.15, 0.2) is 18.2 Å². The molecule has 1 N–H and O–H groups in total. The van der Waals surface area contributed by atoms with E-state index in [-0.39, 0.29) is 5.97 Å². The average molecular weight is 389 g/mol. The number of thiazole rings is 1. The molecule has 0 amide bonds. The lowest BCUT2D eigenvalue weighted by atomic mass is 10.1. The number of aromatic nitrogens is 1. The molecule has 0 bridgehead atoms. The zero-order chi connectivity index (χ0) is 18.1. The number of methoxy groups -OCH3 is 2. The summed E-state index contributed by atoms with van der Waals surface area (Å²) < 4.78 is 11.4. The van der Waals surface area contributed by atoms with Gasteiger partial charge in [0, 0.05) is 4.88 Å². The highest BCUT2D eigenvalue weighted by atomic mass is 32.1. The van der Waals surface area contributed by atoms with Crippen LogP contribution in [0.25, 0.3) is 10.2 Å². The Hall–Kier alpha value is -2.12. The number of nitrogens with one attached hydrogen (secondary N) is 1. The summed E-state index contributed by atoms with van der Waals surface area (Å²) in [5.41, 5.74) is 2.76. The number of fused-ring (bicyclic) bond motifs is 2. The molecule has 5 nitrogen and oxygen atoms in total. The Morgan fingerprint density at radius 1 is 1.15 bits per heavy atom. The van der Waals surface area contributed by atoms with Gasteiger partial charge in [0.05, 0.1) is 30.0 Å². The van der Waals surface area contributed by atoms with E-state index in [4.69, 9.17) is 9.47 Å². The van der Waals surface area contributed by atoms with Crippen molar-refractivity contribution in [1.29, 1.82) is 0 Å².